The molecule has 1 aliphatic rings. The highest BCUT2D eigenvalue weighted by Gasteiger charge is 2.15. The summed E-state index contributed by atoms with van der Waals surface area (Å²) in [5, 5.41) is 12.6. The van der Waals surface area contributed by atoms with Crippen molar-refractivity contribution in [2.75, 3.05) is 6.54 Å². The number of nitrogens with one attached hydrogen (secondary N) is 1. The lowest BCUT2D eigenvalue weighted by Crippen LogP contribution is -2.12. The summed E-state index contributed by atoms with van der Waals surface area (Å²) in [6.07, 6.45) is 2.42. The van der Waals surface area contributed by atoms with Crippen LogP contribution < -0.4 is 5.32 Å². The summed E-state index contributed by atoms with van der Waals surface area (Å²) in [6, 6.07) is 7.95. The van der Waals surface area contributed by atoms with E-state index in [1.165, 1.54) is 18.4 Å². The van der Waals surface area contributed by atoms with Crippen molar-refractivity contribution in [1.82, 2.24) is 5.32 Å². The highest BCUT2D eigenvalue weighted by molar-refractivity contribution is 5.29. The Hall–Kier alpha value is -1.02. The van der Waals surface area contributed by atoms with E-state index in [1.807, 2.05) is 12.1 Å². The lowest BCUT2D eigenvalue weighted by molar-refractivity contribution is 0.473. The van der Waals surface area contributed by atoms with Crippen LogP contribution >= 0.6 is 0 Å². The standard InChI is InChI=1S/C10H13NO/c12-9-4-1-3-8(7-9)10-5-2-6-11-10/h1,3-4,7,10-12H,2,5-6H2/t10-/m1/s1. The van der Waals surface area contributed by atoms with Crippen LogP contribution in [0.25, 0.3) is 0 Å². The number of aromatic hydroxyl groups is 1. The largest absolute Gasteiger partial charge is 0.508 e. The quantitative estimate of drug-likeness (QED) is 0.661. The Labute approximate surface area is 72.2 Å². The topological polar surface area (TPSA) is 32.3 Å². The maximum atomic E-state index is 9.25. The fraction of sp³-hybridized carbons (Fsp3) is 0.400. The predicted octanol–water partition coefficient (Wildman–Crippen LogP) is 1.82. The van der Waals surface area contributed by atoms with Crippen molar-refractivity contribution < 1.29 is 5.11 Å². The number of hydrogen-bond donors (Lipinski definition) is 2. The molecule has 0 spiro atoms. The molecule has 1 heterocycles. The minimum absolute atomic E-state index is 0.362. The van der Waals surface area contributed by atoms with Crippen LogP contribution in [0.5, 0.6) is 5.75 Å². The summed E-state index contributed by atoms with van der Waals surface area (Å²) in [5.41, 5.74) is 1.20. The maximum absolute atomic E-state index is 9.25. The van der Waals surface area contributed by atoms with E-state index in [-0.39, 0.29) is 0 Å². The van der Waals surface area contributed by atoms with Crippen LogP contribution in [0, 0.1) is 0 Å². The van der Waals surface area contributed by atoms with Crippen LogP contribution in [0.1, 0.15) is 24.4 Å². The summed E-state index contributed by atoms with van der Waals surface area (Å²) in [4.78, 5) is 0. The zero-order valence-corrected chi connectivity index (χ0v) is 6.96. The zero-order valence-electron chi connectivity index (χ0n) is 6.96. The Kier molecular flexibility index (Phi) is 2.00. The molecule has 1 aromatic rings. The van der Waals surface area contributed by atoms with Gasteiger partial charge in [-0.25, -0.2) is 0 Å². The van der Waals surface area contributed by atoms with Gasteiger partial charge in [0.05, 0.1) is 0 Å². The van der Waals surface area contributed by atoms with Gasteiger partial charge in [0.25, 0.3) is 0 Å². The molecule has 1 atom stereocenters. The van der Waals surface area contributed by atoms with E-state index in [0.29, 0.717) is 11.8 Å². The first-order valence-corrected chi connectivity index (χ1v) is 4.38. The third-order valence-electron chi connectivity index (χ3n) is 2.33. The number of rotatable bonds is 1. The molecule has 0 aromatic heterocycles. The molecule has 0 saturated carbocycles. The van der Waals surface area contributed by atoms with Gasteiger partial charge in [-0.2, -0.15) is 0 Å². The van der Waals surface area contributed by atoms with E-state index >= 15 is 0 Å². The first-order valence-electron chi connectivity index (χ1n) is 4.38. The summed E-state index contributed by atoms with van der Waals surface area (Å²) in [7, 11) is 0. The molecule has 12 heavy (non-hydrogen) atoms. The van der Waals surface area contributed by atoms with E-state index in [0.717, 1.165) is 6.54 Å². The van der Waals surface area contributed by atoms with Crippen LogP contribution in [-0.4, -0.2) is 11.7 Å². The Morgan fingerprint density at radius 2 is 2.33 bits per heavy atom. The molecule has 0 amide bonds. The number of benzene rings is 1. The Balaban J connectivity index is 2.21. The molecule has 1 aliphatic heterocycles. The van der Waals surface area contributed by atoms with Crippen molar-refractivity contribution in [2.24, 2.45) is 0 Å². The Bertz CT molecular complexity index is 266. The van der Waals surface area contributed by atoms with Gasteiger partial charge in [0.1, 0.15) is 5.75 Å². The number of phenols is 1. The monoisotopic (exact) mass is 163 g/mol. The van der Waals surface area contributed by atoms with Crippen molar-refractivity contribution in [3.63, 3.8) is 0 Å². The fourth-order valence-corrected chi connectivity index (χ4v) is 1.71. The molecule has 64 valence electrons. The van der Waals surface area contributed by atoms with Gasteiger partial charge >= 0.3 is 0 Å². The lowest BCUT2D eigenvalue weighted by atomic mass is 10.1. The summed E-state index contributed by atoms with van der Waals surface area (Å²) >= 11 is 0. The molecule has 0 aliphatic carbocycles. The third-order valence-corrected chi connectivity index (χ3v) is 2.33. The van der Waals surface area contributed by atoms with Gasteiger partial charge in [-0.3, -0.25) is 0 Å². The molecular weight excluding hydrogens is 150 g/mol. The van der Waals surface area contributed by atoms with Gasteiger partial charge in [-0.1, -0.05) is 12.1 Å². The summed E-state index contributed by atoms with van der Waals surface area (Å²) < 4.78 is 0. The van der Waals surface area contributed by atoms with Crippen molar-refractivity contribution in [1.29, 1.82) is 0 Å². The second kappa shape index (κ2) is 3.15. The SMILES string of the molecule is Oc1cccc([C@H]2CCCN2)c1. The minimum atomic E-state index is 0.362. The molecule has 2 nitrogen and oxygen atoms in total. The van der Waals surface area contributed by atoms with Crippen molar-refractivity contribution in [3.05, 3.63) is 29.8 Å². The molecule has 2 heteroatoms. The van der Waals surface area contributed by atoms with Gasteiger partial charge in [-0.15, -0.1) is 0 Å². The highest BCUT2D eigenvalue weighted by Crippen LogP contribution is 2.24. The second-order valence-electron chi connectivity index (χ2n) is 3.24. The van der Waals surface area contributed by atoms with E-state index in [9.17, 15) is 5.11 Å². The van der Waals surface area contributed by atoms with Gasteiger partial charge in [0.2, 0.25) is 0 Å². The molecular formula is C10H13NO. The van der Waals surface area contributed by atoms with E-state index in [4.69, 9.17) is 0 Å². The van der Waals surface area contributed by atoms with Crippen molar-refractivity contribution >= 4 is 0 Å². The van der Waals surface area contributed by atoms with E-state index in [2.05, 4.69) is 11.4 Å². The lowest BCUT2D eigenvalue weighted by Gasteiger charge is -2.09. The Morgan fingerprint density at radius 1 is 1.42 bits per heavy atom. The van der Waals surface area contributed by atoms with Crippen LogP contribution in [-0.2, 0) is 0 Å². The average molecular weight is 163 g/mol. The van der Waals surface area contributed by atoms with Crippen LogP contribution in [0.2, 0.25) is 0 Å². The smallest absolute Gasteiger partial charge is 0.115 e. The average Bonchev–Trinajstić information content (AvgIpc) is 2.56. The van der Waals surface area contributed by atoms with Crippen molar-refractivity contribution in [2.45, 2.75) is 18.9 Å². The van der Waals surface area contributed by atoms with Crippen LogP contribution in [0.4, 0.5) is 0 Å². The molecule has 2 N–H and O–H groups in total. The summed E-state index contributed by atoms with van der Waals surface area (Å²) in [6.45, 7) is 1.10. The van der Waals surface area contributed by atoms with Crippen molar-refractivity contribution in [3.8, 4) is 5.75 Å². The normalized spacial score (nSPS) is 22.8. The number of hydrogen-bond acceptors (Lipinski definition) is 2. The maximum Gasteiger partial charge on any atom is 0.115 e. The van der Waals surface area contributed by atoms with Crippen LogP contribution in [0.3, 0.4) is 0 Å². The molecule has 1 fully saturated rings. The number of phenolic OH excluding ortho intramolecular Hbond substituents is 1. The first kappa shape index (κ1) is 7.62. The molecule has 1 saturated heterocycles. The molecule has 0 radical (unpaired) electrons. The second-order valence-corrected chi connectivity index (χ2v) is 3.24. The van der Waals surface area contributed by atoms with Crippen LogP contribution in [0.15, 0.2) is 24.3 Å². The van der Waals surface area contributed by atoms with E-state index < -0.39 is 0 Å². The first-order chi connectivity index (χ1) is 5.86. The Morgan fingerprint density at radius 3 is 3.00 bits per heavy atom. The fourth-order valence-electron chi connectivity index (χ4n) is 1.71. The highest BCUT2D eigenvalue weighted by atomic mass is 16.3. The molecule has 2 rings (SSSR count). The molecule has 1 aromatic carbocycles. The van der Waals surface area contributed by atoms with E-state index in [1.54, 1.807) is 6.07 Å². The molecule has 0 bridgehead atoms. The van der Waals surface area contributed by atoms with Gasteiger partial charge in [0.15, 0.2) is 0 Å². The predicted molar refractivity (Wildman–Crippen MR) is 48.1 cm³/mol. The van der Waals surface area contributed by atoms with Gasteiger partial charge in [0, 0.05) is 6.04 Å². The van der Waals surface area contributed by atoms with Gasteiger partial charge < -0.3 is 10.4 Å². The molecule has 0 unspecified atom stereocenters. The zero-order chi connectivity index (χ0) is 8.39. The summed E-state index contributed by atoms with van der Waals surface area (Å²) in [5.74, 6) is 0.362. The van der Waals surface area contributed by atoms with Gasteiger partial charge in [-0.05, 0) is 37.1 Å². The minimum Gasteiger partial charge on any atom is -0.508 e. The third kappa shape index (κ3) is 1.43.